The van der Waals surface area contributed by atoms with Crippen LogP contribution in [0.3, 0.4) is 0 Å². The predicted molar refractivity (Wildman–Crippen MR) is 63.4 cm³/mol. The quantitative estimate of drug-likeness (QED) is 0.766. The number of ether oxygens (including phenoxy) is 1. The zero-order chi connectivity index (χ0) is 11.5. The third kappa shape index (κ3) is 2.71. The Bertz CT molecular complexity index is 521. The molecule has 0 unspecified atom stereocenters. The van der Waals surface area contributed by atoms with Crippen molar-refractivity contribution >= 4 is 27.5 Å². The third-order valence-corrected chi connectivity index (χ3v) is 2.63. The van der Waals surface area contributed by atoms with Crippen molar-refractivity contribution in [3.63, 3.8) is 0 Å². The van der Waals surface area contributed by atoms with Gasteiger partial charge in [0.15, 0.2) is 0 Å². The van der Waals surface area contributed by atoms with E-state index < -0.39 is 0 Å². The second-order valence-corrected chi connectivity index (χ2v) is 4.22. The normalized spacial score (nSPS) is 10.2. The van der Waals surface area contributed by atoms with E-state index in [1.54, 1.807) is 18.2 Å². The van der Waals surface area contributed by atoms with Crippen molar-refractivity contribution in [2.75, 3.05) is 0 Å². The maximum absolute atomic E-state index is 12.8. The first kappa shape index (κ1) is 11.4. The highest BCUT2D eigenvalue weighted by Gasteiger charge is 2.05. The predicted octanol–water partition coefficient (Wildman–Crippen LogP) is 4.43. The van der Waals surface area contributed by atoms with Crippen molar-refractivity contribution in [3.05, 3.63) is 51.8 Å². The molecule has 0 aliphatic rings. The lowest BCUT2D eigenvalue weighted by Gasteiger charge is -2.06. The van der Waals surface area contributed by atoms with Crippen molar-refractivity contribution in [2.24, 2.45) is 0 Å². The number of hydrogen-bond donors (Lipinski definition) is 0. The molecule has 0 aliphatic carbocycles. The minimum Gasteiger partial charge on any atom is -0.438 e. The molecule has 0 N–H and O–H groups in total. The van der Waals surface area contributed by atoms with Crippen molar-refractivity contribution < 1.29 is 9.13 Å². The molecule has 0 saturated carbocycles. The van der Waals surface area contributed by atoms with Crippen LogP contribution in [0.5, 0.6) is 11.6 Å². The van der Waals surface area contributed by atoms with Crippen LogP contribution in [-0.2, 0) is 0 Å². The van der Waals surface area contributed by atoms with Gasteiger partial charge in [0.05, 0.1) is 4.47 Å². The van der Waals surface area contributed by atoms with E-state index in [0.29, 0.717) is 21.3 Å². The standard InChI is InChI=1S/C11H6BrClFNO/c12-8-6-7(14)4-5-9(8)16-11-3-1-2-10(13)15-11/h1-6H. The molecule has 82 valence electrons. The first-order valence-corrected chi connectivity index (χ1v) is 5.58. The van der Waals surface area contributed by atoms with Gasteiger partial charge in [-0.25, -0.2) is 9.37 Å². The topological polar surface area (TPSA) is 22.1 Å². The van der Waals surface area contributed by atoms with Gasteiger partial charge in [-0.15, -0.1) is 0 Å². The summed E-state index contributed by atoms with van der Waals surface area (Å²) in [6.45, 7) is 0. The number of aromatic nitrogens is 1. The maximum atomic E-state index is 12.8. The average Bonchev–Trinajstić information content (AvgIpc) is 2.22. The zero-order valence-electron chi connectivity index (χ0n) is 7.95. The molecule has 0 aliphatic heterocycles. The Hall–Kier alpha value is -1.13. The summed E-state index contributed by atoms with van der Waals surface area (Å²) in [6.07, 6.45) is 0. The Morgan fingerprint density at radius 3 is 2.75 bits per heavy atom. The molecule has 5 heteroatoms. The van der Waals surface area contributed by atoms with Crippen molar-refractivity contribution in [2.45, 2.75) is 0 Å². The minimum atomic E-state index is -0.335. The van der Waals surface area contributed by atoms with Crippen LogP contribution in [0.1, 0.15) is 0 Å². The van der Waals surface area contributed by atoms with E-state index in [1.165, 1.54) is 18.2 Å². The molecular formula is C11H6BrClFNO. The number of benzene rings is 1. The molecule has 0 atom stereocenters. The Kier molecular flexibility index (Phi) is 3.41. The van der Waals surface area contributed by atoms with Crippen LogP contribution in [0.4, 0.5) is 4.39 Å². The molecule has 0 saturated heterocycles. The number of nitrogens with zero attached hydrogens (tertiary/aromatic N) is 1. The fourth-order valence-electron chi connectivity index (χ4n) is 1.12. The summed E-state index contributed by atoms with van der Waals surface area (Å²) >= 11 is 8.91. The molecule has 0 spiro atoms. The van der Waals surface area contributed by atoms with E-state index in [1.807, 2.05) is 0 Å². The van der Waals surface area contributed by atoms with E-state index in [9.17, 15) is 4.39 Å². The van der Waals surface area contributed by atoms with E-state index in [-0.39, 0.29) is 5.82 Å². The molecule has 1 aromatic carbocycles. The number of rotatable bonds is 2. The van der Waals surface area contributed by atoms with Crippen LogP contribution in [0.2, 0.25) is 5.15 Å². The van der Waals surface area contributed by atoms with Gasteiger partial charge in [-0.1, -0.05) is 17.7 Å². The fourth-order valence-corrected chi connectivity index (χ4v) is 1.70. The van der Waals surface area contributed by atoms with Gasteiger partial charge in [0, 0.05) is 6.07 Å². The molecule has 16 heavy (non-hydrogen) atoms. The number of hydrogen-bond acceptors (Lipinski definition) is 2. The lowest BCUT2D eigenvalue weighted by Crippen LogP contribution is -1.89. The Morgan fingerprint density at radius 1 is 1.25 bits per heavy atom. The van der Waals surface area contributed by atoms with Gasteiger partial charge >= 0.3 is 0 Å². The molecule has 0 bridgehead atoms. The zero-order valence-corrected chi connectivity index (χ0v) is 10.3. The lowest BCUT2D eigenvalue weighted by atomic mass is 10.3. The van der Waals surface area contributed by atoms with Gasteiger partial charge in [0.2, 0.25) is 5.88 Å². The summed E-state index contributed by atoms with van der Waals surface area (Å²) in [6, 6.07) is 9.18. The second-order valence-electron chi connectivity index (χ2n) is 2.98. The molecule has 2 nitrogen and oxygen atoms in total. The average molecular weight is 303 g/mol. The first-order valence-electron chi connectivity index (χ1n) is 4.40. The first-order chi connectivity index (χ1) is 7.65. The maximum Gasteiger partial charge on any atom is 0.220 e. The summed E-state index contributed by atoms with van der Waals surface area (Å²) in [4.78, 5) is 3.96. The third-order valence-electron chi connectivity index (χ3n) is 1.80. The fraction of sp³-hybridized carbons (Fsp3) is 0. The molecule has 0 fully saturated rings. The van der Waals surface area contributed by atoms with Crippen LogP contribution in [-0.4, -0.2) is 4.98 Å². The van der Waals surface area contributed by atoms with E-state index in [0.717, 1.165) is 0 Å². The highest BCUT2D eigenvalue weighted by Crippen LogP contribution is 2.29. The van der Waals surface area contributed by atoms with Gasteiger partial charge in [-0.05, 0) is 40.2 Å². The molecule has 0 radical (unpaired) electrons. The summed E-state index contributed by atoms with van der Waals surface area (Å²) in [5, 5.41) is 0.343. The van der Waals surface area contributed by atoms with E-state index >= 15 is 0 Å². The van der Waals surface area contributed by atoms with Crippen LogP contribution in [0.15, 0.2) is 40.9 Å². The van der Waals surface area contributed by atoms with Crippen molar-refractivity contribution in [1.29, 1.82) is 0 Å². The molecule has 1 heterocycles. The van der Waals surface area contributed by atoms with Gasteiger partial charge < -0.3 is 4.74 Å². The van der Waals surface area contributed by atoms with Gasteiger partial charge in [-0.2, -0.15) is 0 Å². The highest BCUT2D eigenvalue weighted by molar-refractivity contribution is 9.10. The number of halogens is 3. The van der Waals surface area contributed by atoms with E-state index in [4.69, 9.17) is 16.3 Å². The molecule has 1 aromatic heterocycles. The minimum absolute atomic E-state index is 0.335. The smallest absolute Gasteiger partial charge is 0.220 e. The largest absolute Gasteiger partial charge is 0.438 e. The van der Waals surface area contributed by atoms with Gasteiger partial charge in [0.25, 0.3) is 0 Å². The second kappa shape index (κ2) is 4.80. The van der Waals surface area contributed by atoms with Crippen molar-refractivity contribution in [3.8, 4) is 11.6 Å². The molecular weight excluding hydrogens is 296 g/mol. The molecule has 2 rings (SSSR count). The molecule has 0 amide bonds. The lowest BCUT2D eigenvalue weighted by molar-refractivity contribution is 0.458. The highest BCUT2D eigenvalue weighted by atomic mass is 79.9. The summed E-state index contributed by atoms with van der Waals surface area (Å²) in [5.41, 5.74) is 0. The Labute approximate surface area is 105 Å². The van der Waals surface area contributed by atoms with Crippen molar-refractivity contribution in [1.82, 2.24) is 4.98 Å². The summed E-state index contributed by atoms with van der Waals surface area (Å²) < 4.78 is 18.8. The van der Waals surface area contributed by atoms with Crippen LogP contribution >= 0.6 is 27.5 Å². The van der Waals surface area contributed by atoms with Crippen LogP contribution in [0, 0.1) is 5.82 Å². The van der Waals surface area contributed by atoms with Crippen LogP contribution in [0.25, 0.3) is 0 Å². The molecule has 2 aromatic rings. The Balaban J connectivity index is 2.27. The number of pyridine rings is 1. The monoisotopic (exact) mass is 301 g/mol. The summed E-state index contributed by atoms with van der Waals surface area (Å²) in [7, 11) is 0. The Morgan fingerprint density at radius 2 is 2.06 bits per heavy atom. The SMILES string of the molecule is Fc1ccc(Oc2cccc(Cl)n2)c(Br)c1. The van der Waals surface area contributed by atoms with E-state index in [2.05, 4.69) is 20.9 Å². The van der Waals surface area contributed by atoms with Gasteiger partial charge in [-0.3, -0.25) is 0 Å². The van der Waals surface area contributed by atoms with Gasteiger partial charge in [0.1, 0.15) is 16.7 Å². The van der Waals surface area contributed by atoms with Crippen LogP contribution < -0.4 is 4.74 Å². The summed E-state index contributed by atoms with van der Waals surface area (Å²) in [5.74, 6) is 0.509.